The molecule has 2 fully saturated rings. The molecule has 1 aromatic carbocycles. The molecule has 0 bridgehead atoms. The number of hydrogen-bond donors (Lipinski definition) is 3. The standard InChI is InChI=1S/C22H35FN4O2.HI/c1-2-24-21(25-15-18-6-7-20(28)19(23)14-18)26-16-22(8-4-3-5-9-22)17-27-10-12-29-13-11-27;/h6-7,14,28H,2-5,8-13,15-17H2,1H3,(H2,24,25,26);1H. The van der Waals surface area contributed by atoms with Crippen LogP contribution in [0.3, 0.4) is 0 Å². The van der Waals surface area contributed by atoms with E-state index in [0.29, 0.717) is 6.54 Å². The van der Waals surface area contributed by atoms with Gasteiger partial charge in [0.05, 0.1) is 19.8 Å². The lowest BCUT2D eigenvalue weighted by Gasteiger charge is -2.42. The maximum atomic E-state index is 13.6. The third kappa shape index (κ3) is 7.53. The number of nitrogens with zero attached hydrogens (tertiary/aromatic N) is 2. The molecule has 0 aromatic heterocycles. The molecule has 1 saturated carbocycles. The van der Waals surface area contributed by atoms with Gasteiger partial charge in [-0.05, 0) is 37.5 Å². The van der Waals surface area contributed by atoms with Crippen molar-refractivity contribution >= 4 is 29.9 Å². The minimum absolute atomic E-state index is 0. The van der Waals surface area contributed by atoms with Crippen LogP contribution in [0.5, 0.6) is 5.75 Å². The largest absolute Gasteiger partial charge is 0.505 e. The van der Waals surface area contributed by atoms with Crippen LogP contribution in [0, 0.1) is 11.2 Å². The Labute approximate surface area is 196 Å². The van der Waals surface area contributed by atoms with Gasteiger partial charge in [0.15, 0.2) is 17.5 Å². The number of halogens is 2. The molecule has 170 valence electrons. The second kappa shape index (κ2) is 12.7. The van der Waals surface area contributed by atoms with Crippen LogP contribution in [-0.4, -0.2) is 61.9 Å². The Balaban J connectivity index is 0.00000320. The molecule has 1 saturated heterocycles. The summed E-state index contributed by atoms with van der Waals surface area (Å²) in [5, 5.41) is 16.2. The van der Waals surface area contributed by atoms with Gasteiger partial charge in [0.1, 0.15) is 0 Å². The van der Waals surface area contributed by atoms with Gasteiger partial charge >= 0.3 is 0 Å². The summed E-state index contributed by atoms with van der Waals surface area (Å²) in [7, 11) is 0. The van der Waals surface area contributed by atoms with Crippen LogP contribution in [0.4, 0.5) is 4.39 Å². The zero-order chi connectivity index (χ0) is 20.5. The maximum Gasteiger partial charge on any atom is 0.191 e. The van der Waals surface area contributed by atoms with Crippen LogP contribution in [0.1, 0.15) is 44.6 Å². The average Bonchev–Trinajstić information content (AvgIpc) is 2.74. The first-order valence-corrected chi connectivity index (χ1v) is 10.9. The Morgan fingerprint density at radius 2 is 1.93 bits per heavy atom. The highest BCUT2D eigenvalue weighted by molar-refractivity contribution is 14.0. The average molecular weight is 534 g/mol. The van der Waals surface area contributed by atoms with E-state index in [4.69, 9.17) is 4.74 Å². The number of morpholine rings is 1. The van der Waals surface area contributed by atoms with Gasteiger partial charge in [-0.2, -0.15) is 0 Å². The zero-order valence-electron chi connectivity index (χ0n) is 18.0. The van der Waals surface area contributed by atoms with Crippen LogP contribution in [0.2, 0.25) is 0 Å². The number of ether oxygens (including phenoxy) is 1. The topological polar surface area (TPSA) is 69.1 Å². The van der Waals surface area contributed by atoms with Crippen molar-refractivity contribution in [3.8, 4) is 5.75 Å². The third-order valence-corrected chi connectivity index (χ3v) is 5.98. The molecule has 3 rings (SSSR count). The fraction of sp³-hybridized carbons (Fsp3) is 0.682. The van der Waals surface area contributed by atoms with E-state index in [1.165, 1.54) is 44.2 Å². The number of rotatable bonds is 7. The summed E-state index contributed by atoms with van der Waals surface area (Å²) >= 11 is 0. The highest BCUT2D eigenvalue weighted by Crippen LogP contribution is 2.36. The number of hydrogen-bond acceptors (Lipinski definition) is 4. The highest BCUT2D eigenvalue weighted by Gasteiger charge is 2.34. The highest BCUT2D eigenvalue weighted by atomic mass is 127. The van der Waals surface area contributed by atoms with Gasteiger partial charge in [0.2, 0.25) is 0 Å². The predicted molar refractivity (Wildman–Crippen MR) is 129 cm³/mol. The lowest BCUT2D eigenvalue weighted by Crippen LogP contribution is -2.51. The molecular formula is C22H36FIN4O2. The monoisotopic (exact) mass is 534 g/mol. The van der Waals surface area contributed by atoms with Crippen molar-refractivity contribution in [2.45, 2.75) is 45.6 Å². The molecule has 0 radical (unpaired) electrons. The van der Waals surface area contributed by atoms with Crippen LogP contribution >= 0.6 is 24.0 Å². The zero-order valence-corrected chi connectivity index (χ0v) is 20.3. The second-order valence-corrected chi connectivity index (χ2v) is 8.28. The smallest absolute Gasteiger partial charge is 0.191 e. The summed E-state index contributed by atoms with van der Waals surface area (Å²) in [5.41, 5.74) is 0.995. The molecule has 1 aliphatic carbocycles. The van der Waals surface area contributed by atoms with Crippen molar-refractivity contribution in [3.05, 3.63) is 29.6 Å². The lowest BCUT2D eigenvalue weighted by atomic mass is 9.73. The van der Waals surface area contributed by atoms with Crippen molar-refractivity contribution in [1.29, 1.82) is 0 Å². The first-order chi connectivity index (χ1) is 14.1. The molecular weight excluding hydrogens is 498 g/mol. The van der Waals surface area contributed by atoms with Gasteiger partial charge in [0.25, 0.3) is 0 Å². The van der Waals surface area contributed by atoms with E-state index >= 15 is 0 Å². The molecule has 0 atom stereocenters. The van der Waals surface area contributed by atoms with Crippen LogP contribution in [0.25, 0.3) is 0 Å². The van der Waals surface area contributed by atoms with Crippen LogP contribution in [0.15, 0.2) is 23.2 Å². The molecule has 1 aliphatic heterocycles. The molecule has 1 aromatic rings. The van der Waals surface area contributed by atoms with Gasteiger partial charge in [-0.3, -0.25) is 4.90 Å². The molecule has 2 aliphatic rings. The van der Waals surface area contributed by atoms with Crippen molar-refractivity contribution in [2.24, 2.45) is 10.4 Å². The molecule has 0 unspecified atom stereocenters. The molecule has 8 heteroatoms. The minimum atomic E-state index is -0.609. The molecule has 0 amide bonds. The van der Waals surface area contributed by atoms with E-state index < -0.39 is 5.82 Å². The Bertz CT molecular complexity index is 677. The number of aliphatic imine (C=N–C) groups is 1. The summed E-state index contributed by atoms with van der Waals surface area (Å²) in [6.07, 6.45) is 6.37. The van der Waals surface area contributed by atoms with E-state index in [0.717, 1.165) is 57.5 Å². The van der Waals surface area contributed by atoms with Crippen LogP contribution < -0.4 is 10.6 Å². The number of nitrogens with one attached hydrogen (secondary N) is 2. The van der Waals surface area contributed by atoms with Crippen molar-refractivity contribution in [1.82, 2.24) is 15.5 Å². The van der Waals surface area contributed by atoms with Crippen molar-refractivity contribution < 1.29 is 14.2 Å². The molecule has 3 N–H and O–H groups in total. The fourth-order valence-electron chi connectivity index (χ4n) is 4.36. The van der Waals surface area contributed by atoms with Gasteiger partial charge in [-0.15, -0.1) is 24.0 Å². The molecule has 0 spiro atoms. The summed E-state index contributed by atoms with van der Waals surface area (Å²) in [6.45, 7) is 8.86. The third-order valence-electron chi connectivity index (χ3n) is 5.98. The first kappa shape index (κ1) is 25.1. The Morgan fingerprint density at radius 3 is 2.60 bits per heavy atom. The van der Waals surface area contributed by atoms with E-state index in [9.17, 15) is 9.50 Å². The van der Waals surface area contributed by atoms with E-state index in [2.05, 4.69) is 20.5 Å². The van der Waals surface area contributed by atoms with E-state index in [-0.39, 0.29) is 35.1 Å². The normalized spacial score (nSPS) is 19.7. The second-order valence-electron chi connectivity index (χ2n) is 8.28. The summed E-state index contributed by atoms with van der Waals surface area (Å²) in [4.78, 5) is 7.17. The first-order valence-electron chi connectivity index (χ1n) is 10.9. The van der Waals surface area contributed by atoms with E-state index in [1.807, 2.05) is 6.92 Å². The van der Waals surface area contributed by atoms with Gasteiger partial charge in [-0.25, -0.2) is 9.38 Å². The molecule has 6 nitrogen and oxygen atoms in total. The quantitative estimate of drug-likeness (QED) is 0.284. The fourth-order valence-corrected chi connectivity index (χ4v) is 4.36. The lowest BCUT2D eigenvalue weighted by molar-refractivity contribution is 0.00820. The number of guanidine groups is 1. The summed E-state index contributed by atoms with van der Waals surface area (Å²) in [6, 6.07) is 4.41. The SMILES string of the molecule is CCNC(=NCc1ccc(O)c(F)c1)NCC1(CN2CCOCC2)CCCCC1.I. The molecule has 1 heterocycles. The Morgan fingerprint density at radius 1 is 1.20 bits per heavy atom. The Kier molecular flexibility index (Phi) is 10.6. The number of phenolic OH excluding ortho intramolecular Hbond substituents is 1. The predicted octanol–water partition coefficient (Wildman–Crippen LogP) is 3.49. The van der Waals surface area contributed by atoms with Crippen molar-refractivity contribution in [2.75, 3.05) is 45.9 Å². The van der Waals surface area contributed by atoms with Crippen LogP contribution in [-0.2, 0) is 11.3 Å². The minimum Gasteiger partial charge on any atom is -0.505 e. The summed E-state index contributed by atoms with van der Waals surface area (Å²) in [5.74, 6) is -0.180. The molecule has 30 heavy (non-hydrogen) atoms. The maximum absolute atomic E-state index is 13.6. The number of phenols is 1. The summed E-state index contributed by atoms with van der Waals surface area (Å²) < 4.78 is 19.1. The number of benzene rings is 1. The van der Waals surface area contributed by atoms with Gasteiger partial charge in [0, 0.05) is 38.1 Å². The Hall–Kier alpha value is -1.13. The van der Waals surface area contributed by atoms with E-state index in [1.54, 1.807) is 6.07 Å². The number of aromatic hydroxyl groups is 1. The van der Waals surface area contributed by atoms with Gasteiger partial charge in [-0.1, -0.05) is 25.3 Å². The van der Waals surface area contributed by atoms with Crippen molar-refractivity contribution in [3.63, 3.8) is 0 Å². The van der Waals surface area contributed by atoms with Gasteiger partial charge < -0.3 is 20.5 Å².